The van der Waals surface area contributed by atoms with Gasteiger partial charge in [0.1, 0.15) is 0 Å². The van der Waals surface area contributed by atoms with Crippen molar-refractivity contribution in [2.75, 3.05) is 13.7 Å². The molecule has 0 radical (unpaired) electrons. The molecule has 2 heterocycles. The number of hydrogen-bond acceptors (Lipinski definition) is 4. The fraction of sp³-hybridized carbons (Fsp3) is 0.786. The summed E-state index contributed by atoms with van der Waals surface area (Å²) in [6, 6.07) is 0.114. The zero-order chi connectivity index (χ0) is 15.6. The zero-order valence-corrected chi connectivity index (χ0v) is 13.8. The summed E-state index contributed by atoms with van der Waals surface area (Å²) in [7, 11) is -1.81. The lowest BCUT2D eigenvalue weighted by Crippen LogP contribution is -2.44. The van der Waals surface area contributed by atoms with Crippen LogP contribution in [-0.2, 0) is 34.5 Å². The van der Waals surface area contributed by atoms with Crippen LogP contribution in [0.2, 0.25) is 0 Å². The molecule has 124 valence electrons. The van der Waals surface area contributed by atoms with Gasteiger partial charge in [0.25, 0.3) is 10.2 Å². The first-order valence-corrected chi connectivity index (χ1v) is 9.37. The Bertz CT molecular complexity index is 608. The molecule has 0 amide bonds. The van der Waals surface area contributed by atoms with Gasteiger partial charge in [-0.25, -0.2) is 0 Å². The number of ether oxygens (including phenoxy) is 1. The first kappa shape index (κ1) is 15.9. The zero-order valence-electron chi connectivity index (χ0n) is 13.0. The number of fused-ring (bicyclic) bond motifs is 1. The van der Waals surface area contributed by atoms with Gasteiger partial charge in [0.2, 0.25) is 0 Å². The smallest absolute Gasteiger partial charge is 0.279 e. The Labute approximate surface area is 131 Å². The Balaban J connectivity index is 1.63. The fourth-order valence-corrected chi connectivity index (χ4v) is 4.34. The summed E-state index contributed by atoms with van der Waals surface area (Å²) in [6.07, 6.45) is 6.11. The summed E-state index contributed by atoms with van der Waals surface area (Å²) in [6.45, 7) is 1.39. The van der Waals surface area contributed by atoms with Crippen LogP contribution in [0.3, 0.4) is 0 Å². The molecular weight excluding hydrogens is 304 g/mol. The van der Waals surface area contributed by atoms with E-state index >= 15 is 0 Å². The summed E-state index contributed by atoms with van der Waals surface area (Å²) in [5.41, 5.74) is 2.78. The van der Waals surface area contributed by atoms with E-state index in [1.54, 1.807) is 7.05 Å². The third-order valence-corrected chi connectivity index (χ3v) is 6.24. The number of hydrogen-bond donors (Lipinski definition) is 2. The second kappa shape index (κ2) is 6.66. The van der Waals surface area contributed by atoms with Crippen LogP contribution in [0.4, 0.5) is 0 Å². The molecule has 0 unspecified atom stereocenters. The Morgan fingerprint density at radius 3 is 2.91 bits per heavy atom. The van der Waals surface area contributed by atoms with Crippen LogP contribution >= 0.6 is 0 Å². The lowest BCUT2D eigenvalue weighted by atomic mass is 9.96. The van der Waals surface area contributed by atoms with Gasteiger partial charge in [-0.3, -0.25) is 5.10 Å². The van der Waals surface area contributed by atoms with Gasteiger partial charge in [-0.1, -0.05) is 19.3 Å². The summed E-state index contributed by atoms with van der Waals surface area (Å²) in [4.78, 5) is 0. The van der Waals surface area contributed by atoms with Gasteiger partial charge >= 0.3 is 0 Å². The Hall–Kier alpha value is -0.960. The summed E-state index contributed by atoms with van der Waals surface area (Å²) in [5.74, 6) is 0. The molecule has 1 fully saturated rings. The van der Waals surface area contributed by atoms with Crippen LogP contribution in [0.15, 0.2) is 0 Å². The van der Waals surface area contributed by atoms with Crippen molar-refractivity contribution in [2.45, 2.75) is 57.7 Å². The summed E-state index contributed by atoms with van der Waals surface area (Å²) >= 11 is 0. The van der Waals surface area contributed by atoms with Crippen molar-refractivity contribution in [3.8, 4) is 0 Å². The normalized spacial score (nSPS) is 20.3. The van der Waals surface area contributed by atoms with Gasteiger partial charge in [0, 0.05) is 30.8 Å². The molecule has 0 saturated heterocycles. The standard InChI is InChI=1S/C14H24N4O3S/c1-18(11-5-3-2-4-6-11)22(19,20)15-9-14-12-10-21-8-7-13(12)16-17-14/h11,15H,2-10H2,1H3,(H,16,17). The fourth-order valence-electron chi connectivity index (χ4n) is 3.22. The average molecular weight is 328 g/mol. The molecule has 1 aromatic rings. The van der Waals surface area contributed by atoms with E-state index in [0.29, 0.717) is 13.2 Å². The number of H-pyrrole nitrogens is 1. The number of aromatic nitrogens is 2. The molecule has 0 atom stereocenters. The summed E-state index contributed by atoms with van der Waals surface area (Å²) in [5, 5.41) is 7.20. The third-order valence-electron chi connectivity index (χ3n) is 4.67. The van der Waals surface area contributed by atoms with Crippen molar-refractivity contribution in [2.24, 2.45) is 0 Å². The second-order valence-corrected chi connectivity index (χ2v) is 7.88. The third kappa shape index (κ3) is 3.34. The van der Waals surface area contributed by atoms with Crippen molar-refractivity contribution in [1.29, 1.82) is 0 Å². The monoisotopic (exact) mass is 328 g/mol. The highest BCUT2D eigenvalue weighted by Gasteiger charge is 2.28. The first-order valence-electron chi connectivity index (χ1n) is 7.93. The van der Waals surface area contributed by atoms with E-state index in [-0.39, 0.29) is 12.6 Å². The maximum Gasteiger partial charge on any atom is 0.279 e. The van der Waals surface area contributed by atoms with Crippen molar-refractivity contribution >= 4 is 10.2 Å². The lowest BCUT2D eigenvalue weighted by Gasteiger charge is -2.30. The maximum atomic E-state index is 12.4. The molecule has 8 heteroatoms. The van der Waals surface area contributed by atoms with E-state index in [4.69, 9.17) is 4.74 Å². The van der Waals surface area contributed by atoms with E-state index in [1.165, 1.54) is 10.7 Å². The van der Waals surface area contributed by atoms with Gasteiger partial charge < -0.3 is 4.74 Å². The van der Waals surface area contributed by atoms with Crippen LogP contribution in [-0.4, -0.2) is 42.6 Å². The predicted octanol–water partition coefficient (Wildman–Crippen LogP) is 1.08. The van der Waals surface area contributed by atoms with Crippen LogP contribution < -0.4 is 4.72 Å². The highest BCUT2D eigenvalue weighted by Crippen LogP contribution is 2.23. The lowest BCUT2D eigenvalue weighted by molar-refractivity contribution is 0.109. The van der Waals surface area contributed by atoms with Gasteiger partial charge in [0.15, 0.2) is 0 Å². The number of rotatable bonds is 5. The van der Waals surface area contributed by atoms with Crippen molar-refractivity contribution in [1.82, 2.24) is 19.2 Å². The number of nitrogens with one attached hydrogen (secondary N) is 2. The van der Waals surface area contributed by atoms with Crippen LogP contribution in [0.25, 0.3) is 0 Å². The van der Waals surface area contributed by atoms with Crippen LogP contribution in [0, 0.1) is 0 Å². The summed E-state index contributed by atoms with van der Waals surface area (Å²) < 4.78 is 34.5. The molecule has 2 aliphatic rings. The molecule has 7 nitrogen and oxygen atoms in total. The highest BCUT2D eigenvalue weighted by atomic mass is 32.2. The Morgan fingerprint density at radius 2 is 2.14 bits per heavy atom. The number of aromatic amines is 1. The van der Waals surface area contributed by atoms with Gasteiger partial charge in [-0.05, 0) is 12.8 Å². The van der Waals surface area contributed by atoms with Crippen molar-refractivity contribution in [3.05, 3.63) is 17.0 Å². The first-order chi connectivity index (χ1) is 10.6. The van der Waals surface area contributed by atoms with Gasteiger partial charge in [0.05, 0.1) is 25.5 Å². The minimum atomic E-state index is -3.47. The molecule has 0 aromatic carbocycles. The Kier molecular flexibility index (Phi) is 4.82. The predicted molar refractivity (Wildman–Crippen MR) is 82.3 cm³/mol. The minimum Gasteiger partial charge on any atom is -0.376 e. The van der Waals surface area contributed by atoms with Gasteiger partial charge in [-0.15, -0.1) is 0 Å². The minimum absolute atomic E-state index is 0.114. The highest BCUT2D eigenvalue weighted by molar-refractivity contribution is 7.87. The number of nitrogens with zero attached hydrogens (tertiary/aromatic N) is 2. The van der Waals surface area contributed by atoms with Crippen LogP contribution in [0.1, 0.15) is 49.1 Å². The molecule has 1 saturated carbocycles. The SMILES string of the molecule is CN(C1CCCCC1)S(=O)(=O)NCc1n[nH]c2c1COCC2. The largest absolute Gasteiger partial charge is 0.376 e. The molecule has 22 heavy (non-hydrogen) atoms. The molecule has 1 aromatic heterocycles. The molecule has 3 rings (SSSR count). The molecule has 1 aliphatic carbocycles. The van der Waals surface area contributed by atoms with Crippen LogP contribution in [0.5, 0.6) is 0 Å². The molecule has 2 N–H and O–H groups in total. The van der Waals surface area contributed by atoms with E-state index in [2.05, 4.69) is 14.9 Å². The average Bonchev–Trinajstić information content (AvgIpc) is 2.96. The van der Waals surface area contributed by atoms with Crippen molar-refractivity contribution in [3.63, 3.8) is 0 Å². The van der Waals surface area contributed by atoms with E-state index in [9.17, 15) is 8.42 Å². The van der Waals surface area contributed by atoms with Crippen molar-refractivity contribution < 1.29 is 13.2 Å². The topological polar surface area (TPSA) is 87.3 Å². The molecular formula is C14H24N4O3S. The van der Waals surface area contributed by atoms with E-state index in [0.717, 1.165) is 49.1 Å². The van der Waals surface area contributed by atoms with E-state index in [1.807, 2.05) is 0 Å². The molecule has 0 bridgehead atoms. The Morgan fingerprint density at radius 1 is 1.36 bits per heavy atom. The second-order valence-electron chi connectivity index (χ2n) is 6.06. The van der Waals surface area contributed by atoms with E-state index < -0.39 is 10.2 Å². The van der Waals surface area contributed by atoms with Gasteiger partial charge in [-0.2, -0.15) is 22.5 Å². The molecule has 0 spiro atoms. The molecule has 1 aliphatic heterocycles. The maximum absolute atomic E-state index is 12.4. The quantitative estimate of drug-likeness (QED) is 0.847.